The quantitative estimate of drug-likeness (QED) is 0.468. The van der Waals surface area contributed by atoms with Crippen LogP contribution in [0, 0.1) is 19.7 Å². The molecule has 1 amide bonds. The highest BCUT2D eigenvalue weighted by Crippen LogP contribution is 2.21. The molecule has 8 nitrogen and oxygen atoms in total. The number of halogens is 1. The molecule has 0 saturated carbocycles. The Morgan fingerprint density at radius 3 is 2.31 bits per heavy atom. The molecule has 0 bridgehead atoms. The van der Waals surface area contributed by atoms with Crippen LogP contribution in [0.5, 0.6) is 5.75 Å². The Balaban J connectivity index is 1.40. The van der Waals surface area contributed by atoms with Gasteiger partial charge in [0.2, 0.25) is 0 Å². The molecule has 2 N–H and O–H groups in total. The van der Waals surface area contributed by atoms with E-state index in [4.69, 9.17) is 4.74 Å². The number of anilines is 3. The van der Waals surface area contributed by atoms with E-state index in [-0.39, 0.29) is 11.3 Å². The number of aryl methyl sites for hydroxylation is 2. The van der Waals surface area contributed by atoms with Crippen LogP contribution < -0.4 is 15.4 Å². The highest BCUT2D eigenvalue weighted by atomic mass is 19.1. The summed E-state index contributed by atoms with van der Waals surface area (Å²) in [6, 6.07) is 16.7. The number of nitrogens with zero attached hydrogens (tertiary/aromatic N) is 4. The zero-order chi connectivity index (χ0) is 22.7. The van der Waals surface area contributed by atoms with Crippen LogP contribution in [0.25, 0.3) is 5.82 Å². The van der Waals surface area contributed by atoms with E-state index in [1.807, 2.05) is 32.0 Å². The molecule has 2 aromatic heterocycles. The van der Waals surface area contributed by atoms with E-state index in [9.17, 15) is 9.18 Å². The molecule has 32 heavy (non-hydrogen) atoms. The zero-order valence-electron chi connectivity index (χ0n) is 17.8. The summed E-state index contributed by atoms with van der Waals surface area (Å²) in [5, 5.41) is 18.7. The number of benzene rings is 2. The standard InChI is InChI=1S/C23H21FN6O2/c1-14-12-15(2)30(29-14)22-11-10-21(27-28-22)25-17-5-7-18(8-6-17)26-23(31)16-4-9-20(32-3)19(24)13-16/h4-13H,1-3H3,(H,25,27)(H,26,31). The molecule has 0 atom stereocenters. The number of rotatable bonds is 6. The summed E-state index contributed by atoms with van der Waals surface area (Å²) in [7, 11) is 1.37. The largest absolute Gasteiger partial charge is 0.494 e. The summed E-state index contributed by atoms with van der Waals surface area (Å²) in [6.07, 6.45) is 0. The van der Waals surface area contributed by atoms with Crippen molar-refractivity contribution >= 4 is 23.1 Å². The molecule has 0 fully saturated rings. The normalized spacial score (nSPS) is 10.6. The van der Waals surface area contributed by atoms with Crippen LogP contribution in [0.3, 0.4) is 0 Å². The monoisotopic (exact) mass is 432 g/mol. The van der Waals surface area contributed by atoms with E-state index in [2.05, 4.69) is 25.9 Å². The van der Waals surface area contributed by atoms with Gasteiger partial charge in [0, 0.05) is 22.6 Å². The van der Waals surface area contributed by atoms with E-state index in [1.54, 1.807) is 28.9 Å². The molecular weight excluding hydrogens is 411 g/mol. The van der Waals surface area contributed by atoms with Gasteiger partial charge in [0.15, 0.2) is 23.2 Å². The second-order valence-corrected chi connectivity index (χ2v) is 7.12. The molecule has 0 aliphatic carbocycles. The number of amides is 1. The number of carbonyl (C=O) groups is 1. The second kappa shape index (κ2) is 8.84. The van der Waals surface area contributed by atoms with Gasteiger partial charge in [0.05, 0.1) is 12.8 Å². The summed E-state index contributed by atoms with van der Waals surface area (Å²) in [4.78, 5) is 12.4. The third-order valence-corrected chi connectivity index (χ3v) is 4.71. The first kappa shape index (κ1) is 21.0. The highest BCUT2D eigenvalue weighted by Gasteiger charge is 2.11. The van der Waals surface area contributed by atoms with Crippen molar-refractivity contribution < 1.29 is 13.9 Å². The Bertz CT molecular complexity index is 1250. The number of nitrogens with one attached hydrogen (secondary N) is 2. The fourth-order valence-corrected chi connectivity index (χ4v) is 3.16. The Morgan fingerprint density at radius 1 is 0.969 bits per heavy atom. The molecule has 0 saturated heterocycles. The zero-order valence-corrected chi connectivity index (χ0v) is 17.8. The first-order chi connectivity index (χ1) is 15.4. The lowest BCUT2D eigenvalue weighted by Gasteiger charge is -2.09. The molecule has 0 spiro atoms. The molecule has 0 aliphatic heterocycles. The number of ether oxygens (including phenoxy) is 1. The fraction of sp³-hybridized carbons (Fsp3) is 0.130. The molecule has 2 aromatic carbocycles. The minimum Gasteiger partial charge on any atom is -0.494 e. The van der Waals surface area contributed by atoms with Crippen molar-refractivity contribution in [1.82, 2.24) is 20.0 Å². The Kier molecular flexibility index (Phi) is 5.80. The summed E-state index contributed by atoms with van der Waals surface area (Å²) in [6.45, 7) is 3.88. The predicted octanol–water partition coefficient (Wildman–Crippen LogP) is 4.42. The Morgan fingerprint density at radius 2 is 1.72 bits per heavy atom. The SMILES string of the molecule is COc1ccc(C(=O)Nc2ccc(Nc3ccc(-n4nc(C)cc4C)nn3)cc2)cc1F. The lowest BCUT2D eigenvalue weighted by atomic mass is 10.2. The first-order valence-corrected chi connectivity index (χ1v) is 9.82. The van der Waals surface area contributed by atoms with E-state index in [0.29, 0.717) is 17.3 Å². The van der Waals surface area contributed by atoms with Crippen LogP contribution in [0.4, 0.5) is 21.6 Å². The molecule has 4 rings (SSSR count). The maximum absolute atomic E-state index is 13.8. The van der Waals surface area contributed by atoms with Crippen molar-refractivity contribution in [2.45, 2.75) is 13.8 Å². The second-order valence-electron chi connectivity index (χ2n) is 7.12. The van der Waals surface area contributed by atoms with Crippen LogP contribution in [0.1, 0.15) is 21.7 Å². The van der Waals surface area contributed by atoms with Crippen LogP contribution in [-0.2, 0) is 0 Å². The van der Waals surface area contributed by atoms with E-state index in [0.717, 1.165) is 23.1 Å². The van der Waals surface area contributed by atoms with Crippen molar-refractivity contribution in [1.29, 1.82) is 0 Å². The van der Waals surface area contributed by atoms with Gasteiger partial charge in [-0.2, -0.15) is 5.10 Å². The van der Waals surface area contributed by atoms with Crippen LogP contribution in [0.15, 0.2) is 60.7 Å². The fourth-order valence-electron chi connectivity index (χ4n) is 3.16. The minimum atomic E-state index is -0.593. The first-order valence-electron chi connectivity index (χ1n) is 9.82. The van der Waals surface area contributed by atoms with Gasteiger partial charge in [-0.1, -0.05) is 0 Å². The Hall–Kier alpha value is -4.27. The highest BCUT2D eigenvalue weighted by molar-refractivity contribution is 6.04. The molecule has 2 heterocycles. The average molecular weight is 432 g/mol. The predicted molar refractivity (Wildman–Crippen MR) is 119 cm³/mol. The lowest BCUT2D eigenvalue weighted by molar-refractivity contribution is 0.102. The number of hydrogen-bond acceptors (Lipinski definition) is 6. The van der Waals surface area contributed by atoms with Crippen molar-refractivity contribution in [2.75, 3.05) is 17.7 Å². The molecule has 0 radical (unpaired) electrons. The average Bonchev–Trinajstić information content (AvgIpc) is 3.13. The summed E-state index contributed by atoms with van der Waals surface area (Å²) >= 11 is 0. The van der Waals surface area contributed by atoms with Crippen molar-refractivity contribution in [2.24, 2.45) is 0 Å². The maximum atomic E-state index is 13.8. The molecule has 0 aliphatic rings. The number of aromatic nitrogens is 4. The van der Waals surface area contributed by atoms with Gasteiger partial charge in [-0.25, -0.2) is 9.07 Å². The summed E-state index contributed by atoms with van der Waals surface area (Å²) < 4.78 is 20.4. The van der Waals surface area contributed by atoms with Crippen LogP contribution in [0.2, 0.25) is 0 Å². The molecule has 162 valence electrons. The maximum Gasteiger partial charge on any atom is 0.255 e. The minimum absolute atomic E-state index is 0.0861. The third kappa shape index (κ3) is 4.56. The molecule has 0 unspecified atom stereocenters. The van der Waals surface area contributed by atoms with Gasteiger partial charge >= 0.3 is 0 Å². The summed E-state index contributed by atoms with van der Waals surface area (Å²) in [5.41, 5.74) is 3.43. The summed E-state index contributed by atoms with van der Waals surface area (Å²) in [5.74, 6) is 0.278. The van der Waals surface area contributed by atoms with Gasteiger partial charge in [-0.15, -0.1) is 10.2 Å². The topological polar surface area (TPSA) is 94.0 Å². The number of carbonyl (C=O) groups excluding carboxylic acids is 1. The van der Waals surface area contributed by atoms with Gasteiger partial charge in [0.25, 0.3) is 5.91 Å². The van der Waals surface area contributed by atoms with Crippen molar-refractivity contribution in [3.63, 3.8) is 0 Å². The van der Waals surface area contributed by atoms with Crippen molar-refractivity contribution in [3.8, 4) is 11.6 Å². The van der Waals surface area contributed by atoms with E-state index >= 15 is 0 Å². The van der Waals surface area contributed by atoms with Crippen LogP contribution >= 0.6 is 0 Å². The number of hydrogen-bond donors (Lipinski definition) is 2. The lowest BCUT2D eigenvalue weighted by Crippen LogP contribution is -2.12. The van der Waals surface area contributed by atoms with E-state index < -0.39 is 11.7 Å². The van der Waals surface area contributed by atoms with Gasteiger partial charge in [-0.3, -0.25) is 4.79 Å². The third-order valence-electron chi connectivity index (χ3n) is 4.71. The van der Waals surface area contributed by atoms with Crippen LogP contribution in [-0.4, -0.2) is 33.0 Å². The van der Waals surface area contributed by atoms with Gasteiger partial charge in [-0.05, 0) is 74.5 Å². The molecular formula is C23H21FN6O2. The van der Waals surface area contributed by atoms with E-state index in [1.165, 1.54) is 19.2 Å². The van der Waals surface area contributed by atoms with Crippen molar-refractivity contribution in [3.05, 3.63) is 83.4 Å². The smallest absolute Gasteiger partial charge is 0.255 e. The molecule has 4 aromatic rings. The number of methoxy groups -OCH3 is 1. The molecule has 9 heteroatoms. The van der Waals surface area contributed by atoms with Gasteiger partial charge in [0.1, 0.15) is 0 Å². The van der Waals surface area contributed by atoms with Gasteiger partial charge < -0.3 is 15.4 Å². The Labute approximate surface area is 184 Å².